The number of allylic oxidation sites excluding steroid dienone is 8. The van der Waals surface area contributed by atoms with Gasteiger partial charge < -0.3 is 33.3 Å². The van der Waals surface area contributed by atoms with Gasteiger partial charge in [-0.05, 0) is 77.0 Å². The normalized spacial score (nSPS) is 12.9. The molecule has 0 aromatic rings. The summed E-state index contributed by atoms with van der Waals surface area (Å²) in [4.78, 5) is 37.4. The number of hydrogen-bond donors (Lipinski definition) is 0. The molecule has 9 nitrogen and oxygen atoms in total. The molecule has 0 aromatic carbocycles. The van der Waals surface area contributed by atoms with Gasteiger partial charge >= 0.3 is 11.9 Å². The molecule has 480 valence electrons. The second-order valence-electron chi connectivity index (χ2n) is 25.2. The first kappa shape index (κ1) is 79.2. The van der Waals surface area contributed by atoms with Gasteiger partial charge in [-0.3, -0.25) is 9.59 Å². The molecule has 0 bridgehead atoms. The molecule has 2 unspecified atom stereocenters. The van der Waals surface area contributed by atoms with E-state index < -0.39 is 24.3 Å². The maximum Gasteiger partial charge on any atom is 0.306 e. The monoisotopic (exact) mass is 1150 g/mol. The van der Waals surface area contributed by atoms with E-state index in [1.807, 2.05) is 21.1 Å². The van der Waals surface area contributed by atoms with E-state index in [4.69, 9.17) is 18.9 Å². The zero-order valence-electron chi connectivity index (χ0n) is 54.9. The average Bonchev–Trinajstić information content (AvgIpc) is 3.45. The van der Waals surface area contributed by atoms with Crippen LogP contribution in [0.5, 0.6) is 0 Å². The van der Waals surface area contributed by atoms with Crippen LogP contribution in [0.25, 0.3) is 0 Å². The molecule has 0 fully saturated rings. The van der Waals surface area contributed by atoms with Crippen LogP contribution in [0.15, 0.2) is 48.6 Å². The molecule has 82 heavy (non-hydrogen) atoms. The minimum atomic E-state index is -1.62. The predicted molar refractivity (Wildman–Crippen MR) is 348 cm³/mol. The zero-order chi connectivity index (χ0) is 59.8. The lowest BCUT2D eigenvalue weighted by Gasteiger charge is -2.26. The highest BCUT2D eigenvalue weighted by Gasteiger charge is 2.22. The summed E-state index contributed by atoms with van der Waals surface area (Å²) in [5.41, 5.74) is 0. The fourth-order valence-electron chi connectivity index (χ4n) is 10.4. The molecule has 9 heteroatoms. The van der Waals surface area contributed by atoms with Crippen molar-refractivity contribution in [1.82, 2.24) is 0 Å². The number of hydrogen-bond acceptors (Lipinski definition) is 8. The zero-order valence-corrected chi connectivity index (χ0v) is 54.9. The molecule has 0 amide bonds. The number of carboxylic acid groups (broad SMARTS) is 1. The Bertz CT molecular complexity index is 1480. The number of esters is 2. The molecule has 2 atom stereocenters. The Balaban J connectivity index is 3.97. The van der Waals surface area contributed by atoms with Crippen LogP contribution in [-0.4, -0.2) is 82.3 Å². The van der Waals surface area contributed by atoms with E-state index in [1.54, 1.807) is 0 Å². The number of nitrogens with zero attached hydrogens (tertiary/aromatic N) is 1. The maximum atomic E-state index is 12.9. The molecule has 0 saturated carbocycles. The van der Waals surface area contributed by atoms with Crippen molar-refractivity contribution in [3.05, 3.63) is 48.6 Å². The van der Waals surface area contributed by atoms with Gasteiger partial charge in [0.15, 0.2) is 12.4 Å². The SMILES string of the molecule is CCCCCCC/C=C\C/C=C\C/C=C\CCCCCCCCCCCCCCCCCCCCCCCCCCC(=O)OC(COC(=O)CCCCCCCCC/C=C\CCCCCCCCC)COC(OCC[N+](C)(C)C)C(=O)[O-]. The standard InChI is InChI=1S/C73H135NO8/c1-6-8-10-12-14-16-18-20-22-24-26-27-28-29-30-31-32-33-34-35-36-37-38-39-40-41-42-43-44-45-46-48-50-52-54-56-58-60-62-64-71(76)82-69(68-81-73(72(77)78)79-66-65-74(3,4)5)67-80-70(75)63-61-59-57-55-53-51-49-47-25-23-21-19-17-15-13-11-9-7-2/h18,20,23-26,28-29,69,73H,6-17,19,21-22,27,30-68H2,1-5H3/b20-18-,25-23-,26-24-,29-28-. The van der Waals surface area contributed by atoms with E-state index in [2.05, 4.69) is 62.5 Å². The van der Waals surface area contributed by atoms with E-state index in [1.165, 1.54) is 263 Å². The Hall–Kier alpha value is -2.75. The molecule has 0 aromatic heterocycles. The molecule has 0 aliphatic heterocycles. The van der Waals surface area contributed by atoms with Gasteiger partial charge in [-0.25, -0.2) is 0 Å². The van der Waals surface area contributed by atoms with Crippen LogP contribution in [0.4, 0.5) is 0 Å². The van der Waals surface area contributed by atoms with Crippen molar-refractivity contribution >= 4 is 17.9 Å². The lowest BCUT2D eigenvalue weighted by Crippen LogP contribution is -2.44. The highest BCUT2D eigenvalue weighted by molar-refractivity contribution is 5.70. The molecule has 0 rings (SSSR count). The summed E-state index contributed by atoms with van der Waals surface area (Å²) >= 11 is 0. The third-order valence-corrected chi connectivity index (χ3v) is 15.8. The lowest BCUT2D eigenvalue weighted by molar-refractivity contribution is -0.870. The van der Waals surface area contributed by atoms with Gasteiger partial charge in [0, 0.05) is 12.8 Å². The van der Waals surface area contributed by atoms with E-state index in [0.29, 0.717) is 23.9 Å². The Labute approximate surface area is 508 Å². The fourth-order valence-corrected chi connectivity index (χ4v) is 10.4. The van der Waals surface area contributed by atoms with Crippen LogP contribution in [0.1, 0.15) is 341 Å². The Morgan fingerprint density at radius 2 is 0.659 bits per heavy atom. The maximum absolute atomic E-state index is 12.9. The molecular weight excluding hydrogens is 1020 g/mol. The third kappa shape index (κ3) is 64.8. The number of carboxylic acids is 1. The van der Waals surface area contributed by atoms with Crippen LogP contribution in [-0.2, 0) is 33.3 Å². The van der Waals surface area contributed by atoms with Crippen molar-refractivity contribution in [2.24, 2.45) is 0 Å². The van der Waals surface area contributed by atoms with Crippen molar-refractivity contribution < 1.29 is 42.9 Å². The largest absolute Gasteiger partial charge is 0.545 e. The fraction of sp³-hybridized carbons (Fsp3) is 0.849. The number of ether oxygens (including phenoxy) is 4. The summed E-state index contributed by atoms with van der Waals surface area (Å²) in [5.74, 6) is -2.27. The number of likely N-dealkylation sites (N-methyl/N-ethyl adjacent to an activating group) is 1. The first-order chi connectivity index (χ1) is 40.1. The summed E-state index contributed by atoms with van der Waals surface area (Å²) in [6.07, 6.45) is 79.2. The topological polar surface area (TPSA) is 111 Å². The van der Waals surface area contributed by atoms with Crippen LogP contribution < -0.4 is 5.11 Å². The van der Waals surface area contributed by atoms with E-state index >= 15 is 0 Å². The van der Waals surface area contributed by atoms with Crippen molar-refractivity contribution in [3.63, 3.8) is 0 Å². The van der Waals surface area contributed by atoms with Gasteiger partial charge in [-0.1, -0.05) is 300 Å². The second-order valence-corrected chi connectivity index (χ2v) is 25.2. The highest BCUT2D eigenvalue weighted by atomic mass is 16.7. The third-order valence-electron chi connectivity index (χ3n) is 15.8. The molecular formula is C73H135NO8. The van der Waals surface area contributed by atoms with Crippen molar-refractivity contribution in [3.8, 4) is 0 Å². The summed E-state index contributed by atoms with van der Waals surface area (Å²) in [6, 6.07) is 0. The van der Waals surface area contributed by atoms with Crippen molar-refractivity contribution in [2.45, 2.75) is 354 Å². The first-order valence-electron chi connectivity index (χ1n) is 35.3. The van der Waals surface area contributed by atoms with E-state index in [9.17, 15) is 19.5 Å². The van der Waals surface area contributed by atoms with E-state index in [-0.39, 0.29) is 32.2 Å². The predicted octanol–water partition coefficient (Wildman–Crippen LogP) is 20.4. The van der Waals surface area contributed by atoms with Crippen LogP contribution in [0.2, 0.25) is 0 Å². The molecule has 0 N–H and O–H groups in total. The molecule has 0 radical (unpaired) electrons. The van der Waals surface area contributed by atoms with Crippen LogP contribution in [0.3, 0.4) is 0 Å². The smallest absolute Gasteiger partial charge is 0.306 e. The van der Waals surface area contributed by atoms with Gasteiger partial charge in [0.25, 0.3) is 0 Å². The van der Waals surface area contributed by atoms with Gasteiger partial charge in [-0.15, -0.1) is 0 Å². The number of quaternary nitrogens is 1. The Morgan fingerprint density at radius 3 is 0.988 bits per heavy atom. The molecule has 0 aliphatic rings. The van der Waals surface area contributed by atoms with Gasteiger partial charge in [0.1, 0.15) is 13.2 Å². The molecule has 0 heterocycles. The number of carbonyl (C=O) groups is 3. The molecule has 0 aliphatic carbocycles. The van der Waals surface area contributed by atoms with Crippen molar-refractivity contribution in [2.75, 3.05) is 47.5 Å². The lowest BCUT2D eigenvalue weighted by atomic mass is 10.0. The van der Waals surface area contributed by atoms with Crippen LogP contribution >= 0.6 is 0 Å². The van der Waals surface area contributed by atoms with E-state index in [0.717, 1.165) is 44.9 Å². The quantitative estimate of drug-likeness (QED) is 0.0195. The number of aliphatic carboxylic acids is 1. The van der Waals surface area contributed by atoms with Gasteiger partial charge in [-0.2, -0.15) is 0 Å². The minimum Gasteiger partial charge on any atom is -0.545 e. The summed E-state index contributed by atoms with van der Waals surface area (Å²) in [6.45, 7) is 4.78. The van der Waals surface area contributed by atoms with Gasteiger partial charge in [0.05, 0.1) is 40.3 Å². The Morgan fingerprint density at radius 1 is 0.366 bits per heavy atom. The number of rotatable bonds is 66. The highest BCUT2D eigenvalue weighted by Crippen LogP contribution is 2.18. The Kier molecular flexibility index (Phi) is 62.1. The number of carbonyl (C=O) groups excluding carboxylic acids is 3. The van der Waals surface area contributed by atoms with Crippen LogP contribution in [0, 0.1) is 0 Å². The van der Waals surface area contributed by atoms with Gasteiger partial charge in [0.2, 0.25) is 0 Å². The first-order valence-corrected chi connectivity index (χ1v) is 35.3. The van der Waals surface area contributed by atoms with Crippen molar-refractivity contribution in [1.29, 1.82) is 0 Å². The number of unbranched alkanes of at least 4 members (excludes halogenated alkanes) is 43. The summed E-state index contributed by atoms with van der Waals surface area (Å²) in [5, 5.41) is 11.8. The second kappa shape index (κ2) is 64.3. The minimum absolute atomic E-state index is 0.149. The molecule has 0 saturated heterocycles. The average molecular weight is 1150 g/mol. The summed E-state index contributed by atoms with van der Waals surface area (Å²) < 4.78 is 22.8. The molecule has 0 spiro atoms. The summed E-state index contributed by atoms with van der Waals surface area (Å²) in [7, 11) is 5.94.